The van der Waals surface area contributed by atoms with Gasteiger partial charge in [0, 0.05) is 34.1 Å². The average Bonchev–Trinajstić information content (AvgIpc) is 3.32. The van der Waals surface area contributed by atoms with Crippen molar-refractivity contribution in [1.29, 1.82) is 0 Å². The number of aromatic nitrogens is 1. The molecular weight excluding hydrogens is 466 g/mol. The fourth-order valence-electron chi connectivity index (χ4n) is 7.56. The second kappa shape index (κ2) is 6.32. The van der Waals surface area contributed by atoms with Crippen molar-refractivity contribution in [3.05, 3.63) is 143 Å². The fraction of sp³-hybridized carbons (Fsp3) is 0.0571. The van der Waals surface area contributed by atoms with Gasteiger partial charge in [-0.2, -0.15) is 0 Å². The highest BCUT2D eigenvalue weighted by atomic mass is 16.5. The molecule has 5 aromatic carbocycles. The Morgan fingerprint density at radius 3 is 2.34 bits per heavy atom. The van der Waals surface area contributed by atoms with E-state index >= 15 is 0 Å². The summed E-state index contributed by atoms with van der Waals surface area (Å²) in [5, 5.41) is 2.45. The fourth-order valence-corrected chi connectivity index (χ4v) is 7.56. The normalized spacial score (nSPS) is 19.8. The molecule has 0 bridgehead atoms. The van der Waals surface area contributed by atoms with Crippen molar-refractivity contribution in [3.63, 3.8) is 0 Å². The highest BCUT2D eigenvalue weighted by molar-refractivity contribution is 6.10. The van der Waals surface area contributed by atoms with E-state index in [0.29, 0.717) is 0 Å². The van der Waals surface area contributed by atoms with Crippen LogP contribution in [0.1, 0.15) is 33.7 Å². The van der Waals surface area contributed by atoms with Gasteiger partial charge in [0.25, 0.3) is 0 Å². The van der Waals surface area contributed by atoms with Crippen LogP contribution >= 0.6 is 0 Å². The van der Waals surface area contributed by atoms with Crippen molar-refractivity contribution in [2.24, 2.45) is 0 Å². The highest BCUT2D eigenvalue weighted by Gasteiger charge is 2.62. The molecule has 0 saturated carbocycles. The molecule has 1 spiro atoms. The Hall–Kier alpha value is -4.89. The molecule has 2 aliphatic carbocycles. The maximum Gasteiger partial charge on any atom is 0.377 e. The van der Waals surface area contributed by atoms with Crippen LogP contribution in [-0.2, 0) is 5.72 Å². The van der Waals surface area contributed by atoms with Gasteiger partial charge in [0.15, 0.2) is 6.20 Å². The van der Waals surface area contributed by atoms with E-state index in [9.17, 15) is 0 Å². The lowest BCUT2D eigenvalue weighted by molar-refractivity contribution is -0.783. The van der Waals surface area contributed by atoms with E-state index in [1.54, 1.807) is 0 Å². The molecule has 2 unspecified atom stereocenters. The molecule has 0 saturated heterocycles. The SMILES string of the molecule is c1ccc(C2c3ccc4c5c3-c3c2ccc2ccc6c(c32)C5(Oc2ccccc2-4)[n+]2ccccc2O6)cc1. The van der Waals surface area contributed by atoms with Gasteiger partial charge >= 0.3 is 11.6 Å². The lowest BCUT2D eigenvalue weighted by atomic mass is 9.73. The van der Waals surface area contributed by atoms with Gasteiger partial charge in [0.1, 0.15) is 17.1 Å². The van der Waals surface area contributed by atoms with Crippen LogP contribution in [0, 0.1) is 0 Å². The van der Waals surface area contributed by atoms with Crippen molar-refractivity contribution in [2.45, 2.75) is 11.6 Å². The summed E-state index contributed by atoms with van der Waals surface area (Å²) < 4.78 is 16.1. The van der Waals surface area contributed by atoms with Crippen LogP contribution in [0.25, 0.3) is 33.0 Å². The first-order chi connectivity index (χ1) is 18.8. The zero-order valence-electron chi connectivity index (χ0n) is 20.3. The second-order valence-electron chi connectivity index (χ2n) is 10.6. The second-order valence-corrected chi connectivity index (χ2v) is 10.6. The van der Waals surface area contributed by atoms with Crippen LogP contribution < -0.4 is 14.0 Å². The van der Waals surface area contributed by atoms with Crippen molar-refractivity contribution in [3.8, 4) is 39.6 Å². The number of ether oxygens (including phenoxy) is 2. The van der Waals surface area contributed by atoms with Crippen LogP contribution in [0.3, 0.4) is 0 Å². The quantitative estimate of drug-likeness (QED) is 0.224. The first kappa shape index (κ1) is 19.3. The summed E-state index contributed by atoms with van der Waals surface area (Å²) in [5.41, 5.74) is 10.5. The molecule has 2 aliphatic heterocycles. The standard InChI is InChI=1S/C35H20NO2/c1-2-8-20(9-3-1)29-24-15-13-21-14-18-27-34-30(21)31(24)32-25(29)17-16-23-22-10-4-5-11-26(22)38-35(34,33(23)32)36-19-7-6-12-28(36)37-27/h1-19,29H/q+1. The zero-order chi connectivity index (χ0) is 24.6. The van der Waals surface area contributed by atoms with Gasteiger partial charge < -0.3 is 9.47 Å². The minimum absolute atomic E-state index is 0.169. The molecule has 0 fully saturated rings. The highest BCUT2D eigenvalue weighted by Crippen LogP contribution is 2.64. The molecule has 38 heavy (non-hydrogen) atoms. The first-order valence-electron chi connectivity index (χ1n) is 13.1. The summed E-state index contributed by atoms with van der Waals surface area (Å²) in [7, 11) is 0. The number of pyridine rings is 1. The summed E-state index contributed by atoms with van der Waals surface area (Å²) in [6.07, 6.45) is 2.10. The number of rotatable bonds is 1. The number of para-hydroxylation sites is 1. The third kappa shape index (κ3) is 1.99. The molecule has 176 valence electrons. The first-order valence-corrected chi connectivity index (χ1v) is 13.1. The number of hydrogen-bond donors (Lipinski definition) is 0. The molecule has 4 aliphatic rings. The largest absolute Gasteiger partial charge is 0.423 e. The Balaban J connectivity index is 1.48. The van der Waals surface area contributed by atoms with Crippen LogP contribution in [0.15, 0.2) is 115 Å². The van der Waals surface area contributed by atoms with E-state index in [2.05, 4.69) is 108 Å². The van der Waals surface area contributed by atoms with E-state index in [-0.39, 0.29) is 5.92 Å². The molecule has 10 rings (SSSR count). The van der Waals surface area contributed by atoms with E-state index in [1.165, 1.54) is 49.7 Å². The summed E-state index contributed by atoms with van der Waals surface area (Å²) in [4.78, 5) is 0. The van der Waals surface area contributed by atoms with Crippen LogP contribution in [0.4, 0.5) is 0 Å². The van der Waals surface area contributed by atoms with Gasteiger partial charge in [-0.05, 0) is 45.8 Å². The molecule has 2 atom stereocenters. The number of hydrogen-bond acceptors (Lipinski definition) is 2. The third-order valence-corrected chi connectivity index (χ3v) is 8.91. The van der Waals surface area contributed by atoms with E-state index in [1.807, 2.05) is 12.1 Å². The molecule has 0 amide bonds. The predicted octanol–water partition coefficient (Wildman–Crippen LogP) is 7.52. The van der Waals surface area contributed by atoms with Crippen LogP contribution in [-0.4, -0.2) is 0 Å². The summed E-state index contributed by atoms with van der Waals surface area (Å²) >= 11 is 0. The topological polar surface area (TPSA) is 22.3 Å². The lowest BCUT2D eigenvalue weighted by Gasteiger charge is -2.42. The number of nitrogens with zero attached hydrogens (tertiary/aromatic N) is 1. The molecule has 3 heterocycles. The summed E-state index contributed by atoms with van der Waals surface area (Å²) in [5.74, 6) is 2.70. The van der Waals surface area contributed by atoms with Crippen molar-refractivity contribution in [1.82, 2.24) is 0 Å². The van der Waals surface area contributed by atoms with E-state index in [4.69, 9.17) is 9.47 Å². The third-order valence-electron chi connectivity index (χ3n) is 8.91. The lowest BCUT2D eigenvalue weighted by Crippen LogP contribution is -2.65. The van der Waals surface area contributed by atoms with Crippen LogP contribution in [0.2, 0.25) is 0 Å². The van der Waals surface area contributed by atoms with Gasteiger partial charge in [-0.1, -0.05) is 78.9 Å². The Kier molecular flexibility index (Phi) is 3.20. The maximum absolute atomic E-state index is 7.28. The zero-order valence-corrected chi connectivity index (χ0v) is 20.3. The van der Waals surface area contributed by atoms with Crippen molar-refractivity contribution < 1.29 is 14.0 Å². The van der Waals surface area contributed by atoms with E-state index in [0.717, 1.165) is 28.5 Å². The molecule has 0 N–H and O–H groups in total. The minimum Gasteiger partial charge on any atom is -0.423 e. The Bertz CT molecular complexity index is 2040. The van der Waals surface area contributed by atoms with Gasteiger partial charge in [-0.3, -0.25) is 0 Å². The monoisotopic (exact) mass is 486 g/mol. The molecule has 6 aromatic rings. The van der Waals surface area contributed by atoms with Gasteiger partial charge in [-0.15, -0.1) is 4.57 Å². The average molecular weight is 487 g/mol. The van der Waals surface area contributed by atoms with E-state index < -0.39 is 5.72 Å². The molecule has 3 heteroatoms. The van der Waals surface area contributed by atoms with Gasteiger partial charge in [-0.25, -0.2) is 0 Å². The minimum atomic E-state index is -0.865. The smallest absolute Gasteiger partial charge is 0.377 e. The Morgan fingerprint density at radius 2 is 1.39 bits per heavy atom. The Labute approximate surface area is 219 Å². The van der Waals surface area contributed by atoms with Gasteiger partial charge in [0.05, 0.1) is 11.6 Å². The molecule has 1 aromatic heterocycles. The number of fused-ring (bicyclic) bond motifs is 3. The van der Waals surface area contributed by atoms with Crippen LogP contribution in [0.5, 0.6) is 17.4 Å². The number of benzene rings is 5. The maximum atomic E-state index is 7.28. The Morgan fingerprint density at radius 1 is 0.605 bits per heavy atom. The van der Waals surface area contributed by atoms with Crippen molar-refractivity contribution >= 4 is 10.8 Å². The van der Waals surface area contributed by atoms with Crippen molar-refractivity contribution in [2.75, 3.05) is 0 Å². The van der Waals surface area contributed by atoms with Gasteiger partial charge in [0.2, 0.25) is 0 Å². The molecular formula is C35H20NO2+. The molecule has 0 radical (unpaired) electrons. The summed E-state index contributed by atoms with van der Waals surface area (Å²) in [6.45, 7) is 0. The predicted molar refractivity (Wildman–Crippen MR) is 146 cm³/mol. The molecule has 3 nitrogen and oxygen atoms in total. The summed E-state index contributed by atoms with van der Waals surface area (Å²) in [6, 6.07) is 39.1.